The zero-order chi connectivity index (χ0) is 17.8. The van der Waals surface area contributed by atoms with Gasteiger partial charge in [0.25, 0.3) is 5.91 Å². The van der Waals surface area contributed by atoms with E-state index in [9.17, 15) is 9.59 Å². The smallest absolute Gasteiger partial charge is 0.270 e. The lowest BCUT2D eigenvalue weighted by Crippen LogP contribution is -2.52. The number of amides is 2. The Morgan fingerprint density at radius 2 is 1.68 bits per heavy atom. The van der Waals surface area contributed by atoms with Crippen molar-refractivity contribution in [1.29, 1.82) is 0 Å². The molecule has 132 valence electrons. The van der Waals surface area contributed by atoms with E-state index in [2.05, 4.69) is 36.2 Å². The topological polar surface area (TPSA) is 56.4 Å². The molecule has 0 bridgehead atoms. The van der Waals surface area contributed by atoms with E-state index in [4.69, 9.17) is 0 Å². The number of aromatic amines is 1. The van der Waals surface area contributed by atoms with Gasteiger partial charge >= 0.3 is 0 Å². The molecule has 2 aromatic rings. The van der Waals surface area contributed by atoms with E-state index in [1.165, 1.54) is 5.56 Å². The van der Waals surface area contributed by atoms with Gasteiger partial charge in [0.1, 0.15) is 5.69 Å². The lowest BCUT2D eigenvalue weighted by Gasteiger charge is -2.35. The molecule has 5 nitrogen and oxygen atoms in total. The standard InChI is InChI=1S/C19H23N3O2S/c1-14-5-7-16(8-6-14)25-15(2)18(23)21-10-12-22(13-11-21)19(24)17-4-3-9-20-17/h3-9,15,20H,10-13H2,1-2H3/t15-/m1/s1. The predicted molar refractivity (Wildman–Crippen MR) is 99.8 cm³/mol. The number of hydrogen-bond donors (Lipinski definition) is 1. The van der Waals surface area contributed by atoms with Gasteiger partial charge in [-0.2, -0.15) is 0 Å². The number of aryl methyl sites for hydroxylation is 1. The summed E-state index contributed by atoms with van der Waals surface area (Å²) in [5.41, 5.74) is 1.81. The summed E-state index contributed by atoms with van der Waals surface area (Å²) in [6.45, 7) is 6.32. The molecule has 1 fully saturated rings. The third-order valence-electron chi connectivity index (χ3n) is 4.39. The van der Waals surface area contributed by atoms with Crippen LogP contribution in [0.1, 0.15) is 23.0 Å². The first-order chi connectivity index (χ1) is 12.0. The third kappa shape index (κ3) is 4.25. The fraction of sp³-hybridized carbons (Fsp3) is 0.368. The Bertz CT molecular complexity index is 720. The zero-order valence-electron chi connectivity index (χ0n) is 14.6. The molecule has 1 saturated heterocycles. The maximum atomic E-state index is 12.7. The van der Waals surface area contributed by atoms with Gasteiger partial charge in [0.05, 0.1) is 5.25 Å². The molecule has 2 heterocycles. The number of carbonyl (C=O) groups excluding carboxylic acids is 2. The SMILES string of the molecule is Cc1ccc(S[C@H](C)C(=O)N2CCN(C(=O)c3ccc[nH]3)CC2)cc1. The molecule has 1 aromatic heterocycles. The number of carbonyl (C=O) groups is 2. The Balaban J connectivity index is 1.52. The largest absolute Gasteiger partial charge is 0.357 e. The van der Waals surface area contributed by atoms with Gasteiger partial charge in [-0.15, -0.1) is 11.8 Å². The molecule has 0 radical (unpaired) electrons. The predicted octanol–water partition coefficient (Wildman–Crippen LogP) is 2.79. The van der Waals surface area contributed by atoms with Crippen molar-refractivity contribution < 1.29 is 9.59 Å². The first kappa shape index (κ1) is 17.6. The van der Waals surface area contributed by atoms with Crippen LogP contribution in [-0.2, 0) is 4.79 Å². The minimum Gasteiger partial charge on any atom is -0.357 e. The summed E-state index contributed by atoms with van der Waals surface area (Å²) >= 11 is 1.58. The van der Waals surface area contributed by atoms with Crippen molar-refractivity contribution in [2.45, 2.75) is 24.0 Å². The number of piperazine rings is 1. The van der Waals surface area contributed by atoms with Crippen molar-refractivity contribution in [2.24, 2.45) is 0 Å². The average molecular weight is 357 g/mol. The molecule has 1 aromatic carbocycles. The molecule has 1 aliphatic rings. The Morgan fingerprint density at radius 3 is 2.28 bits per heavy atom. The average Bonchev–Trinajstić information content (AvgIpc) is 3.17. The number of thioether (sulfide) groups is 1. The van der Waals surface area contributed by atoms with Gasteiger partial charge in [0, 0.05) is 37.3 Å². The molecule has 1 aliphatic heterocycles. The first-order valence-corrected chi connectivity index (χ1v) is 9.37. The molecule has 2 amide bonds. The summed E-state index contributed by atoms with van der Waals surface area (Å²) in [6.07, 6.45) is 1.75. The van der Waals surface area contributed by atoms with E-state index in [0.717, 1.165) is 4.90 Å². The Kier molecular flexibility index (Phi) is 5.48. The number of benzene rings is 1. The van der Waals surface area contributed by atoms with Crippen molar-refractivity contribution in [1.82, 2.24) is 14.8 Å². The molecule has 0 saturated carbocycles. The second kappa shape index (κ2) is 7.78. The second-order valence-corrected chi connectivity index (χ2v) is 7.69. The molecule has 25 heavy (non-hydrogen) atoms. The summed E-state index contributed by atoms with van der Waals surface area (Å²) in [4.78, 5) is 32.7. The van der Waals surface area contributed by atoms with E-state index in [1.807, 2.05) is 17.9 Å². The van der Waals surface area contributed by atoms with Crippen LogP contribution in [-0.4, -0.2) is 58.0 Å². The molecular weight excluding hydrogens is 334 g/mol. The molecule has 0 unspecified atom stereocenters. The highest BCUT2D eigenvalue weighted by Crippen LogP contribution is 2.25. The van der Waals surface area contributed by atoms with Crippen LogP contribution in [0.25, 0.3) is 0 Å². The third-order valence-corrected chi connectivity index (χ3v) is 5.49. The molecule has 1 N–H and O–H groups in total. The lowest BCUT2D eigenvalue weighted by atomic mass is 10.2. The monoisotopic (exact) mass is 357 g/mol. The number of rotatable bonds is 4. The Hall–Kier alpha value is -2.21. The lowest BCUT2D eigenvalue weighted by molar-refractivity contribution is -0.131. The van der Waals surface area contributed by atoms with Crippen LogP contribution < -0.4 is 0 Å². The first-order valence-electron chi connectivity index (χ1n) is 8.49. The van der Waals surface area contributed by atoms with Gasteiger partial charge < -0.3 is 14.8 Å². The maximum absolute atomic E-state index is 12.7. The Labute approximate surface area is 152 Å². The van der Waals surface area contributed by atoms with Crippen molar-refractivity contribution in [2.75, 3.05) is 26.2 Å². The second-order valence-electron chi connectivity index (χ2n) is 6.27. The number of aromatic nitrogens is 1. The van der Waals surface area contributed by atoms with E-state index in [-0.39, 0.29) is 17.1 Å². The summed E-state index contributed by atoms with van der Waals surface area (Å²) in [7, 11) is 0. The highest BCUT2D eigenvalue weighted by molar-refractivity contribution is 8.00. The highest BCUT2D eigenvalue weighted by Gasteiger charge is 2.28. The fourth-order valence-corrected chi connectivity index (χ4v) is 3.84. The number of hydrogen-bond acceptors (Lipinski definition) is 3. The van der Waals surface area contributed by atoms with Crippen LogP contribution in [0.4, 0.5) is 0 Å². The van der Waals surface area contributed by atoms with E-state index >= 15 is 0 Å². The molecule has 0 aliphatic carbocycles. The van der Waals surface area contributed by atoms with Crippen LogP contribution in [0.2, 0.25) is 0 Å². The molecule has 3 rings (SSSR count). The maximum Gasteiger partial charge on any atom is 0.270 e. The molecule has 1 atom stereocenters. The fourth-order valence-electron chi connectivity index (χ4n) is 2.89. The van der Waals surface area contributed by atoms with E-state index < -0.39 is 0 Å². The number of nitrogens with zero attached hydrogens (tertiary/aromatic N) is 2. The highest BCUT2D eigenvalue weighted by atomic mass is 32.2. The van der Waals surface area contributed by atoms with Gasteiger partial charge in [-0.3, -0.25) is 9.59 Å². The van der Waals surface area contributed by atoms with E-state index in [1.54, 1.807) is 28.9 Å². The zero-order valence-corrected chi connectivity index (χ0v) is 15.4. The molecular formula is C19H23N3O2S. The van der Waals surface area contributed by atoms with Crippen molar-refractivity contribution in [3.63, 3.8) is 0 Å². The van der Waals surface area contributed by atoms with Crippen molar-refractivity contribution in [3.05, 3.63) is 53.9 Å². The van der Waals surface area contributed by atoms with Crippen LogP contribution in [0.15, 0.2) is 47.5 Å². The minimum absolute atomic E-state index is 0.000761. The number of H-pyrrole nitrogens is 1. The van der Waals surface area contributed by atoms with Gasteiger partial charge in [-0.05, 0) is 38.1 Å². The van der Waals surface area contributed by atoms with Gasteiger partial charge in [-0.1, -0.05) is 17.7 Å². The summed E-state index contributed by atoms with van der Waals surface area (Å²) in [6, 6.07) is 11.8. The summed E-state index contributed by atoms with van der Waals surface area (Å²) in [5.74, 6) is 0.136. The van der Waals surface area contributed by atoms with Crippen LogP contribution in [0.5, 0.6) is 0 Å². The molecule has 6 heteroatoms. The van der Waals surface area contributed by atoms with Gasteiger partial charge in [0.15, 0.2) is 0 Å². The van der Waals surface area contributed by atoms with Crippen molar-refractivity contribution in [3.8, 4) is 0 Å². The normalized spacial score (nSPS) is 15.9. The quantitative estimate of drug-likeness (QED) is 0.856. The van der Waals surface area contributed by atoms with Crippen LogP contribution in [0, 0.1) is 6.92 Å². The summed E-state index contributed by atoms with van der Waals surface area (Å²) < 4.78 is 0. The van der Waals surface area contributed by atoms with Gasteiger partial charge in [-0.25, -0.2) is 0 Å². The van der Waals surface area contributed by atoms with Crippen LogP contribution >= 0.6 is 11.8 Å². The van der Waals surface area contributed by atoms with E-state index in [0.29, 0.717) is 31.9 Å². The van der Waals surface area contributed by atoms with Gasteiger partial charge in [0.2, 0.25) is 5.91 Å². The van der Waals surface area contributed by atoms with Crippen molar-refractivity contribution >= 4 is 23.6 Å². The summed E-state index contributed by atoms with van der Waals surface area (Å²) in [5, 5.41) is -0.131. The molecule has 0 spiro atoms. The van der Waals surface area contributed by atoms with Crippen LogP contribution in [0.3, 0.4) is 0 Å². The Morgan fingerprint density at radius 1 is 1.04 bits per heavy atom. The minimum atomic E-state index is -0.131. The number of nitrogens with one attached hydrogen (secondary N) is 1.